The molecule has 33 heavy (non-hydrogen) atoms. The third-order valence-electron chi connectivity index (χ3n) is 6.19. The Morgan fingerprint density at radius 1 is 1.09 bits per heavy atom. The van der Waals surface area contributed by atoms with Crippen molar-refractivity contribution in [1.29, 1.82) is 0 Å². The maximum atomic E-state index is 13.1. The highest BCUT2D eigenvalue weighted by molar-refractivity contribution is 7.89. The van der Waals surface area contributed by atoms with Crippen LogP contribution in [0.5, 0.6) is 0 Å². The number of hydrogen-bond donors (Lipinski definition) is 1. The maximum Gasteiger partial charge on any atom is 0.291 e. The Balaban J connectivity index is 1.53. The number of aryl methyl sites for hydroxylation is 1. The van der Waals surface area contributed by atoms with Crippen molar-refractivity contribution in [3.63, 3.8) is 0 Å². The number of fused-ring (bicyclic) bond motifs is 1. The SMILES string of the molecule is CCc1ccc2oc(C(=O)Nc3ccc(S(=O)(=O)N4CCCC[C@H]4CC)cc3)cc(=O)c2c1. The number of piperidine rings is 1. The van der Waals surface area contributed by atoms with E-state index < -0.39 is 15.9 Å². The largest absolute Gasteiger partial charge is 0.451 e. The van der Waals surface area contributed by atoms with Gasteiger partial charge in [0, 0.05) is 24.3 Å². The number of carbonyl (C=O) groups excluding carboxylic acids is 1. The van der Waals surface area contributed by atoms with E-state index in [4.69, 9.17) is 4.42 Å². The van der Waals surface area contributed by atoms with Crippen molar-refractivity contribution in [2.75, 3.05) is 11.9 Å². The lowest BCUT2D eigenvalue weighted by Crippen LogP contribution is -2.43. The van der Waals surface area contributed by atoms with Crippen LogP contribution in [0, 0.1) is 0 Å². The molecule has 7 nitrogen and oxygen atoms in total. The maximum absolute atomic E-state index is 13.1. The minimum atomic E-state index is -3.60. The molecule has 0 saturated carbocycles. The number of nitrogens with one attached hydrogen (secondary N) is 1. The molecule has 1 aliphatic rings. The van der Waals surface area contributed by atoms with Crippen LogP contribution in [-0.4, -0.2) is 31.2 Å². The molecule has 2 aromatic carbocycles. The second-order valence-corrected chi connectivity index (χ2v) is 10.2. The van der Waals surface area contributed by atoms with Gasteiger partial charge in [0.2, 0.25) is 10.0 Å². The molecule has 0 bridgehead atoms. The molecule has 174 valence electrons. The molecule has 1 saturated heterocycles. The fourth-order valence-electron chi connectivity index (χ4n) is 4.27. The summed E-state index contributed by atoms with van der Waals surface area (Å²) in [6.07, 6.45) is 4.35. The van der Waals surface area contributed by atoms with Gasteiger partial charge in [-0.25, -0.2) is 8.42 Å². The van der Waals surface area contributed by atoms with Gasteiger partial charge in [0.25, 0.3) is 5.91 Å². The molecule has 8 heteroatoms. The summed E-state index contributed by atoms with van der Waals surface area (Å²) in [4.78, 5) is 25.3. The molecule has 3 aromatic rings. The molecular weight excluding hydrogens is 440 g/mol. The molecule has 0 aliphatic carbocycles. The topological polar surface area (TPSA) is 96.7 Å². The van der Waals surface area contributed by atoms with Crippen molar-refractivity contribution in [2.24, 2.45) is 0 Å². The highest BCUT2D eigenvalue weighted by atomic mass is 32.2. The van der Waals surface area contributed by atoms with Gasteiger partial charge in [0.15, 0.2) is 11.2 Å². The summed E-state index contributed by atoms with van der Waals surface area (Å²) in [5.74, 6) is -0.682. The minimum absolute atomic E-state index is 0.0207. The molecule has 4 rings (SSSR count). The first-order valence-corrected chi connectivity index (χ1v) is 12.8. The van der Waals surface area contributed by atoms with Crippen LogP contribution in [0.3, 0.4) is 0 Å². The first kappa shape index (κ1) is 23.2. The Morgan fingerprint density at radius 3 is 2.55 bits per heavy atom. The Morgan fingerprint density at radius 2 is 1.85 bits per heavy atom. The van der Waals surface area contributed by atoms with Gasteiger partial charge in [-0.1, -0.05) is 26.3 Å². The molecule has 0 spiro atoms. The highest BCUT2D eigenvalue weighted by Gasteiger charge is 2.32. The number of amides is 1. The van der Waals surface area contributed by atoms with E-state index >= 15 is 0 Å². The van der Waals surface area contributed by atoms with Gasteiger partial charge in [-0.15, -0.1) is 0 Å². The summed E-state index contributed by atoms with van der Waals surface area (Å²) in [6.45, 7) is 4.53. The molecule has 1 aliphatic heterocycles. The van der Waals surface area contributed by atoms with Crippen LogP contribution in [0.25, 0.3) is 11.0 Å². The van der Waals surface area contributed by atoms with Gasteiger partial charge < -0.3 is 9.73 Å². The molecular formula is C25H28N2O5S. The van der Waals surface area contributed by atoms with Crippen molar-refractivity contribution >= 4 is 32.6 Å². The smallest absolute Gasteiger partial charge is 0.291 e. The lowest BCUT2D eigenvalue weighted by atomic mass is 10.0. The molecule has 1 amide bonds. The number of hydrogen-bond acceptors (Lipinski definition) is 5. The zero-order valence-corrected chi connectivity index (χ0v) is 19.7. The third-order valence-corrected chi connectivity index (χ3v) is 8.15. The summed E-state index contributed by atoms with van der Waals surface area (Å²) >= 11 is 0. The van der Waals surface area contributed by atoms with Crippen molar-refractivity contribution in [1.82, 2.24) is 4.31 Å². The second kappa shape index (κ2) is 9.49. The number of nitrogens with zero attached hydrogens (tertiary/aromatic N) is 1. The fourth-order valence-corrected chi connectivity index (χ4v) is 6.04. The number of anilines is 1. The van der Waals surface area contributed by atoms with Gasteiger partial charge in [0.1, 0.15) is 5.58 Å². The van der Waals surface area contributed by atoms with Crippen LogP contribution in [0.4, 0.5) is 5.69 Å². The van der Waals surface area contributed by atoms with Crippen molar-refractivity contribution in [3.05, 3.63) is 70.1 Å². The van der Waals surface area contributed by atoms with Gasteiger partial charge in [-0.3, -0.25) is 9.59 Å². The van der Waals surface area contributed by atoms with Crippen molar-refractivity contribution in [3.8, 4) is 0 Å². The van der Waals surface area contributed by atoms with E-state index in [0.717, 1.165) is 37.7 Å². The van der Waals surface area contributed by atoms with Crippen LogP contribution in [-0.2, 0) is 16.4 Å². The lowest BCUT2D eigenvalue weighted by Gasteiger charge is -2.34. The third kappa shape index (κ3) is 4.72. The van der Waals surface area contributed by atoms with Crippen LogP contribution in [0.15, 0.2) is 62.6 Å². The van der Waals surface area contributed by atoms with Crippen LogP contribution < -0.4 is 10.7 Å². The average Bonchev–Trinajstić information content (AvgIpc) is 2.84. The van der Waals surface area contributed by atoms with Gasteiger partial charge >= 0.3 is 0 Å². The zero-order valence-electron chi connectivity index (χ0n) is 18.8. The monoisotopic (exact) mass is 468 g/mol. The van der Waals surface area contributed by atoms with E-state index in [-0.39, 0.29) is 22.1 Å². The lowest BCUT2D eigenvalue weighted by molar-refractivity contribution is 0.0997. The van der Waals surface area contributed by atoms with Crippen LogP contribution >= 0.6 is 0 Å². The number of carbonyl (C=O) groups is 1. The standard InChI is InChI=1S/C25H28N2O5S/c1-3-17-8-13-23-21(15-17)22(28)16-24(32-23)25(29)26-18-9-11-20(12-10-18)33(30,31)27-14-6-5-7-19(27)4-2/h8-13,15-16,19H,3-7,14H2,1-2H3,(H,26,29)/t19-/m1/s1. The van der Waals surface area contributed by atoms with E-state index in [1.54, 1.807) is 28.6 Å². The van der Waals surface area contributed by atoms with Gasteiger partial charge in [-0.2, -0.15) is 4.31 Å². The normalized spacial score (nSPS) is 17.2. The average molecular weight is 469 g/mol. The molecule has 0 radical (unpaired) electrons. The van der Waals surface area contributed by atoms with Crippen molar-refractivity contribution < 1.29 is 17.6 Å². The van der Waals surface area contributed by atoms with E-state index in [2.05, 4.69) is 5.32 Å². The fraction of sp³-hybridized carbons (Fsp3) is 0.360. The van der Waals surface area contributed by atoms with E-state index in [0.29, 0.717) is 23.2 Å². The predicted octanol–water partition coefficient (Wildman–Crippen LogP) is 4.56. The molecule has 0 unspecified atom stereocenters. The molecule has 2 heterocycles. The van der Waals surface area contributed by atoms with Crippen LogP contribution in [0.1, 0.15) is 55.6 Å². The highest BCUT2D eigenvalue weighted by Crippen LogP contribution is 2.27. The number of benzene rings is 2. The Bertz CT molecular complexity index is 1330. The number of rotatable bonds is 6. The Labute approximate surface area is 193 Å². The van der Waals surface area contributed by atoms with Crippen LogP contribution in [0.2, 0.25) is 0 Å². The zero-order chi connectivity index (χ0) is 23.6. The summed E-state index contributed by atoms with van der Waals surface area (Å²) in [6, 6.07) is 12.6. The van der Waals surface area contributed by atoms with E-state index in [1.807, 2.05) is 19.9 Å². The molecule has 1 N–H and O–H groups in total. The first-order valence-electron chi connectivity index (χ1n) is 11.3. The second-order valence-electron chi connectivity index (χ2n) is 8.31. The van der Waals surface area contributed by atoms with Crippen molar-refractivity contribution in [2.45, 2.75) is 56.9 Å². The van der Waals surface area contributed by atoms with Gasteiger partial charge in [0.05, 0.1) is 10.3 Å². The summed E-state index contributed by atoms with van der Waals surface area (Å²) in [5.41, 5.74) is 1.48. The minimum Gasteiger partial charge on any atom is -0.451 e. The Hall–Kier alpha value is -2.97. The molecule has 1 aromatic heterocycles. The van der Waals surface area contributed by atoms with Gasteiger partial charge in [-0.05, 0) is 67.6 Å². The molecule has 1 atom stereocenters. The Kier molecular flexibility index (Phi) is 6.67. The summed E-state index contributed by atoms with van der Waals surface area (Å²) in [5, 5.41) is 3.10. The summed E-state index contributed by atoms with van der Waals surface area (Å²) < 4.78 is 33.5. The van der Waals surface area contributed by atoms with E-state index in [1.165, 1.54) is 18.2 Å². The van der Waals surface area contributed by atoms with E-state index in [9.17, 15) is 18.0 Å². The molecule has 1 fully saturated rings. The number of sulfonamides is 1. The first-order chi connectivity index (χ1) is 15.8. The summed E-state index contributed by atoms with van der Waals surface area (Å²) in [7, 11) is -3.60. The quantitative estimate of drug-likeness (QED) is 0.572. The predicted molar refractivity (Wildman–Crippen MR) is 128 cm³/mol.